The molecule has 1 unspecified atom stereocenters. The Labute approximate surface area is 98.8 Å². The van der Waals surface area contributed by atoms with Crippen LogP contribution >= 0.6 is 15.9 Å². The van der Waals surface area contributed by atoms with Crippen LogP contribution < -0.4 is 0 Å². The standard InChI is InChI=1S/C12H15BrO2/c1-10(14)12(13)7-8-15-9-11-5-3-2-4-6-11/h2-6,12H,7-9H2,1H3. The van der Waals surface area contributed by atoms with Crippen LogP contribution in [-0.4, -0.2) is 17.2 Å². The van der Waals surface area contributed by atoms with Gasteiger partial charge in [0.1, 0.15) is 5.78 Å². The third kappa shape index (κ3) is 5.09. The number of ether oxygens (including phenoxy) is 1. The van der Waals surface area contributed by atoms with Crippen molar-refractivity contribution in [3.63, 3.8) is 0 Å². The Kier molecular flexibility index (Phi) is 5.58. The first kappa shape index (κ1) is 12.4. The molecule has 0 aliphatic heterocycles. The van der Waals surface area contributed by atoms with E-state index in [2.05, 4.69) is 15.9 Å². The van der Waals surface area contributed by atoms with Gasteiger partial charge in [-0.3, -0.25) is 4.79 Å². The van der Waals surface area contributed by atoms with Crippen LogP contribution in [0.15, 0.2) is 30.3 Å². The number of carbonyl (C=O) groups is 1. The largest absolute Gasteiger partial charge is 0.377 e. The summed E-state index contributed by atoms with van der Waals surface area (Å²) in [5.41, 5.74) is 1.16. The van der Waals surface area contributed by atoms with Gasteiger partial charge >= 0.3 is 0 Å². The van der Waals surface area contributed by atoms with Gasteiger partial charge < -0.3 is 4.74 Å². The van der Waals surface area contributed by atoms with Gasteiger partial charge in [0.25, 0.3) is 0 Å². The Bertz CT molecular complexity index is 298. The van der Waals surface area contributed by atoms with Gasteiger partial charge in [-0.05, 0) is 18.9 Å². The van der Waals surface area contributed by atoms with Crippen LogP contribution in [0.1, 0.15) is 18.9 Å². The Morgan fingerprint density at radius 1 is 1.40 bits per heavy atom. The minimum absolute atomic E-state index is 0.0757. The van der Waals surface area contributed by atoms with Gasteiger partial charge in [0.15, 0.2) is 0 Å². The number of benzene rings is 1. The number of ketones is 1. The van der Waals surface area contributed by atoms with Crippen molar-refractivity contribution in [2.24, 2.45) is 0 Å². The molecule has 1 aromatic rings. The van der Waals surface area contributed by atoms with Crippen molar-refractivity contribution in [1.29, 1.82) is 0 Å². The fourth-order valence-electron chi connectivity index (χ4n) is 1.15. The van der Waals surface area contributed by atoms with Crippen LogP contribution in [0, 0.1) is 0 Å². The normalized spacial score (nSPS) is 12.4. The number of carbonyl (C=O) groups excluding carboxylic acids is 1. The lowest BCUT2D eigenvalue weighted by atomic mass is 10.2. The van der Waals surface area contributed by atoms with Crippen LogP contribution in [0.4, 0.5) is 0 Å². The Balaban J connectivity index is 2.15. The van der Waals surface area contributed by atoms with Crippen molar-refractivity contribution >= 4 is 21.7 Å². The maximum atomic E-state index is 10.9. The molecule has 0 heterocycles. The van der Waals surface area contributed by atoms with E-state index in [1.807, 2.05) is 30.3 Å². The molecule has 0 fully saturated rings. The second kappa shape index (κ2) is 6.75. The predicted molar refractivity (Wildman–Crippen MR) is 64.1 cm³/mol. The van der Waals surface area contributed by atoms with Crippen molar-refractivity contribution in [2.75, 3.05) is 6.61 Å². The van der Waals surface area contributed by atoms with Crippen molar-refractivity contribution in [2.45, 2.75) is 24.8 Å². The van der Waals surface area contributed by atoms with Gasteiger partial charge in [-0.15, -0.1) is 0 Å². The first-order valence-corrected chi connectivity index (χ1v) is 5.88. The number of hydrogen-bond donors (Lipinski definition) is 0. The Hall–Kier alpha value is -0.670. The van der Waals surface area contributed by atoms with Crippen molar-refractivity contribution in [3.8, 4) is 0 Å². The molecule has 1 aromatic carbocycles. The number of halogens is 1. The predicted octanol–water partition coefficient (Wildman–Crippen LogP) is 2.95. The molecule has 1 atom stereocenters. The fourth-order valence-corrected chi connectivity index (χ4v) is 1.34. The molecule has 3 heteroatoms. The summed E-state index contributed by atoms with van der Waals surface area (Å²) < 4.78 is 5.46. The van der Waals surface area contributed by atoms with Gasteiger partial charge in [-0.1, -0.05) is 46.3 Å². The molecule has 0 aliphatic rings. The van der Waals surface area contributed by atoms with Crippen LogP contribution in [0.3, 0.4) is 0 Å². The number of hydrogen-bond acceptors (Lipinski definition) is 2. The highest BCUT2D eigenvalue weighted by Gasteiger charge is 2.08. The molecule has 0 saturated carbocycles. The van der Waals surface area contributed by atoms with Gasteiger partial charge in [-0.25, -0.2) is 0 Å². The smallest absolute Gasteiger partial charge is 0.143 e. The zero-order chi connectivity index (χ0) is 11.1. The minimum atomic E-state index is -0.0757. The van der Waals surface area contributed by atoms with Crippen molar-refractivity contribution in [1.82, 2.24) is 0 Å². The molecule has 2 nitrogen and oxygen atoms in total. The number of rotatable bonds is 6. The van der Waals surface area contributed by atoms with Crippen molar-refractivity contribution in [3.05, 3.63) is 35.9 Å². The topological polar surface area (TPSA) is 26.3 Å². The van der Waals surface area contributed by atoms with Crippen molar-refractivity contribution < 1.29 is 9.53 Å². The lowest BCUT2D eigenvalue weighted by Crippen LogP contribution is -2.12. The molecule has 0 saturated heterocycles. The summed E-state index contributed by atoms with van der Waals surface area (Å²) in [6.07, 6.45) is 0.724. The number of alkyl halides is 1. The molecular formula is C12H15BrO2. The average Bonchev–Trinajstić information content (AvgIpc) is 2.25. The fraction of sp³-hybridized carbons (Fsp3) is 0.417. The zero-order valence-corrected chi connectivity index (χ0v) is 10.4. The van der Waals surface area contributed by atoms with E-state index in [0.717, 1.165) is 12.0 Å². The van der Waals surface area contributed by atoms with E-state index in [4.69, 9.17) is 4.74 Å². The zero-order valence-electron chi connectivity index (χ0n) is 8.78. The summed E-state index contributed by atoms with van der Waals surface area (Å²) in [5.74, 6) is 0.151. The lowest BCUT2D eigenvalue weighted by Gasteiger charge is -2.06. The van der Waals surface area contributed by atoms with Gasteiger partial charge in [0, 0.05) is 6.61 Å². The van der Waals surface area contributed by atoms with E-state index in [9.17, 15) is 4.79 Å². The SMILES string of the molecule is CC(=O)C(Br)CCOCc1ccccc1. The first-order chi connectivity index (χ1) is 7.20. The van der Waals surface area contributed by atoms with E-state index in [-0.39, 0.29) is 10.6 Å². The summed E-state index contributed by atoms with van der Waals surface area (Å²) in [6, 6.07) is 10.0. The first-order valence-electron chi connectivity index (χ1n) is 4.96. The summed E-state index contributed by atoms with van der Waals surface area (Å²) in [6.45, 7) is 2.79. The molecule has 0 aromatic heterocycles. The summed E-state index contributed by atoms with van der Waals surface area (Å²) in [5, 5.41) is 0. The summed E-state index contributed by atoms with van der Waals surface area (Å²) in [4.78, 5) is 10.8. The maximum absolute atomic E-state index is 10.9. The second-order valence-corrected chi connectivity index (χ2v) is 4.51. The molecule has 0 spiro atoms. The summed E-state index contributed by atoms with van der Waals surface area (Å²) in [7, 11) is 0. The molecule has 0 bridgehead atoms. The molecule has 0 aliphatic carbocycles. The lowest BCUT2D eigenvalue weighted by molar-refractivity contribution is -0.116. The van der Waals surface area contributed by atoms with E-state index in [1.165, 1.54) is 0 Å². The average molecular weight is 271 g/mol. The Morgan fingerprint density at radius 2 is 2.07 bits per heavy atom. The Morgan fingerprint density at radius 3 is 2.67 bits per heavy atom. The monoisotopic (exact) mass is 270 g/mol. The third-order valence-electron chi connectivity index (χ3n) is 2.07. The molecule has 82 valence electrons. The van der Waals surface area contributed by atoms with E-state index >= 15 is 0 Å². The highest BCUT2D eigenvalue weighted by atomic mass is 79.9. The van der Waals surface area contributed by atoms with Gasteiger partial charge in [-0.2, -0.15) is 0 Å². The van der Waals surface area contributed by atoms with E-state index in [0.29, 0.717) is 13.2 Å². The highest BCUT2D eigenvalue weighted by Crippen LogP contribution is 2.07. The summed E-state index contributed by atoms with van der Waals surface area (Å²) >= 11 is 3.30. The maximum Gasteiger partial charge on any atom is 0.143 e. The quantitative estimate of drug-likeness (QED) is 0.587. The number of Topliss-reactive ketones (excluding diaryl/α,β-unsaturated/α-hetero) is 1. The highest BCUT2D eigenvalue weighted by molar-refractivity contribution is 9.10. The third-order valence-corrected chi connectivity index (χ3v) is 3.17. The van der Waals surface area contributed by atoms with Crippen LogP contribution in [0.5, 0.6) is 0 Å². The van der Waals surface area contributed by atoms with Gasteiger partial charge in [0.2, 0.25) is 0 Å². The molecule has 15 heavy (non-hydrogen) atoms. The van der Waals surface area contributed by atoms with Crippen LogP contribution in [0.25, 0.3) is 0 Å². The van der Waals surface area contributed by atoms with Gasteiger partial charge in [0.05, 0.1) is 11.4 Å². The minimum Gasteiger partial charge on any atom is -0.377 e. The van der Waals surface area contributed by atoms with E-state index < -0.39 is 0 Å². The van der Waals surface area contributed by atoms with Crippen LogP contribution in [0.2, 0.25) is 0 Å². The molecular weight excluding hydrogens is 256 g/mol. The molecule has 1 rings (SSSR count). The molecule has 0 amide bonds. The molecule has 0 N–H and O–H groups in total. The second-order valence-electron chi connectivity index (χ2n) is 3.41. The molecule has 0 radical (unpaired) electrons. The van der Waals surface area contributed by atoms with E-state index in [1.54, 1.807) is 6.92 Å². The van der Waals surface area contributed by atoms with Crippen LogP contribution in [-0.2, 0) is 16.1 Å².